The maximum atomic E-state index is 11.8. The fourth-order valence-electron chi connectivity index (χ4n) is 3.75. The van der Waals surface area contributed by atoms with Crippen molar-refractivity contribution >= 4 is 22.4 Å². The average molecular weight is 322 g/mol. The van der Waals surface area contributed by atoms with Gasteiger partial charge in [0.15, 0.2) is 5.13 Å². The molecule has 0 bridgehead atoms. The second-order valence-electron chi connectivity index (χ2n) is 6.61. The fraction of sp³-hybridized carbons (Fsp3) is 0.750. The van der Waals surface area contributed by atoms with Gasteiger partial charge >= 0.3 is 0 Å². The zero-order valence-corrected chi connectivity index (χ0v) is 13.9. The van der Waals surface area contributed by atoms with Crippen molar-refractivity contribution in [3.05, 3.63) is 11.6 Å². The third-order valence-electron chi connectivity index (χ3n) is 5.17. The van der Waals surface area contributed by atoms with E-state index in [9.17, 15) is 4.79 Å². The molecule has 1 aliphatic heterocycles. The third-order valence-corrected chi connectivity index (χ3v) is 5.86. The van der Waals surface area contributed by atoms with Crippen LogP contribution >= 0.6 is 11.3 Å². The second-order valence-corrected chi connectivity index (χ2v) is 7.51. The van der Waals surface area contributed by atoms with Gasteiger partial charge in [0.1, 0.15) is 0 Å². The summed E-state index contributed by atoms with van der Waals surface area (Å²) in [6.45, 7) is 3.14. The first-order valence-electron chi connectivity index (χ1n) is 8.39. The van der Waals surface area contributed by atoms with Crippen molar-refractivity contribution < 1.29 is 4.79 Å². The summed E-state index contributed by atoms with van der Waals surface area (Å²) >= 11 is 1.46. The van der Waals surface area contributed by atoms with E-state index in [4.69, 9.17) is 0 Å². The van der Waals surface area contributed by atoms with E-state index in [0.717, 1.165) is 6.54 Å². The van der Waals surface area contributed by atoms with Crippen molar-refractivity contribution in [2.45, 2.75) is 51.0 Å². The van der Waals surface area contributed by atoms with Crippen LogP contribution in [0.25, 0.3) is 0 Å². The van der Waals surface area contributed by atoms with Gasteiger partial charge in [0.2, 0.25) is 5.91 Å². The molecule has 2 aliphatic rings. The molecule has 1 saturated heterocycles. The molecular formula is C16H26N4OS. The van der Waals surface area contributed by atoms with Crippen molar-refractivity contribution in [1.82, 2.24) is 15.6 Å². The van der Waals surface area contributed by atoms with Crippen LogP contribution in [0.1, 0.15) is 44.9 Å². The molecule has 122 valence electrons. The van der Waals surface area contributed by atoms with Gasteiger partial charge in [-0.15, -0.1) is 11.3 Å². The Morgan fingerprint density at radius 3 is 2.77 bits per heavy atom. The lowest BCUT2D eigenvalue weighted by molar-refractivity contribution is -0.116. The first kappa shape index (κ1) is 15.9. The number of nitrogens with one attached hydrogen (secondary N) is 3. The minimum absolute atomic E-state index is 0.0492. The van der Waals surface area contributed by atoms with Crippen molar-refractivity contribution in [2.24, 2.45) is 5.41 Å². The Balaban J connectivity index is 1.32. The number of aromatic nitrogens is 1. The molecule has 1 aromatic rings. The smallest absolute Gasteiger partial charge is 0.227 e. The topological polar surface area (TPSA) is 66.1 Å². The molecule has 1 saturated carbocycles. The lowest BCUT2D eigenvalue weighted by atomic mass is 9.67. The lowest BCUT2D eigenvalue weighted by Gasteiger charge is -2.43. The van der Waals surface area contributed by atoms with Crippen LogP contribution in [0.3, 0.4) is 0 Å². The lowest BCUT2D eigenvalue weighted by Crippen LogP contribution is -2.43. The zero-order chi connectivity index (χ0) is 15.3. The van der Waals surface area contributed by atoms with Crippen molar-refractivity contribution in [3.63, 3.8) is 0 Å². The van der Waals surface area contributed by atoms with Crippen LogP contribution in [0.5, 0.6) is 0 Å². The van der Waals surface area contributed by atoms with Gasteiger partial charge in [-0.3, -0.25) is 4.79 Å². The van der Waals surface area contributed by atoms with E-state index in [1.807, 2.05) is 5.38 Å². The van der Waals surface area contributed by atoms with Gasteiger partial charge in [0.05, 0.1) is 0 Å². The summed E-state index contributed by atoms with van der Waals surface area (Å²) in [5, 5.41) is 12.4. The minimum Gasteiger partial charge on any atom is -0.317 e. The van der Waals surface area contributed by atoms with Crippen molar-refractivity contribution in [3.8, 4) is 0 Å². The van der Waals surface area contributed by atoms with Crippen LogP contribution in [-0.2, 0) is 4.79 Å². The quantitative estimate of drug-likeness (QED) is 0.779. The highest BCUT2D eigenvalue weighted by atomic mass is 32.1. The number of thiazole rings is 1. The van der Waals surface area contributed by atoms with E-state index < -0.39 is 0 Å². The summed E-state index contributed by atoms with van der Waals surface area (Å²) in [4.78, 5) is 15.9. The number of hydrogen-bond donors (Lipinski definition) is 3. The molecule has 0 unspecified atom stereocenters. The minimum atomic E-state index is 0.0492. The Hall–Kier alpha value is -0.980. The highest BCUT2D eigenvalue weighted by molar-refractivity contribution is 7.13. The Morgan fingerprint density at radius 1 is 1.32 bits per heavy atom. The average Bonchev–Trinajstić information content (AvgIpc) is 3.03. The number of carbonyl (C=O) groups is 1. The van der Waals surface area contributed by atoms with Crippen LogP contribution in [0, 0.1) is 5.41 Å². The van der Waals surface area contributed by atoms with Gasteiger partial charge in [-0.05, 0) is 57.0 Å². The van der Waals surface area contributed by atoms with Gasteiger partial charge in [-0.25, -0.2) is 4.98 Å². The van der Waals surface area contributed by atoms with E-state index in [-0.39, 0.29) is 5.91 Å². The highest BCUT2D eigenvalue weighted by Crippen LogP contribution is 2.43. The van der Waals surface area contributed by atoms with Crippen LogP contribution in [-0.4, -0.2) is 36.6 Å². The second kappa shape index (κ2) is 7.53. The van der Waals surface area contributed by atoms with Gasteiger partial charge in [-0.2, -0.15) is 0 Å². The maximum Gasteiger partial charge on any atom is 0.227 e. The van der Waals surface area contributed by atoms with Crippen molar-refractivity contribution in [2.75, 3.05) is 25.0 Å². The predicted octanol–water partition coefficient (Wildman–Crippen LogP) is 2.37. The maximum absolute atomic E-state index is 11.8. The van der Waals surface area contributed by atoms with E-state index in [0.29, 0.717) is 23.0 Å². The van der Waals surface area contributed by atoms with Crippen LogP contribution in [0.4, 0.5) is 5.13 Å². The number of amides is 1. The van der Waals surface area contributed by atoms with Gasteiger partial charge in [0, 0.05) is 30.6 Å². The van der Waals surface area contributed by atoms with Crippen LogP contribution in [0.15, 0.2) is 11.6 Å². The number of anilines is 1. The van der Waals surface area contributed by atoms with Crippen molar-refractivity contribution in [1.29, 1.82) is 0 Å². The molecule has 6 heteroatoms. The van der Waals surface area contributed by atoms with Gasteiger partial charge in [-0.1, -0.05) is 0 Å². The first-order chi connectivity index (χ1) is 10.8. The number of piperidine rings is 1. The SMILES string of the molecule is O=C(CCNC1CCC2(CCNCC2)CC1)Nc1nccs1. The molecule has 2 fully saturated rings. The number of hydrogen-bond acceptors (Lipinski definition) is 5. The zero-order valence-electron chi connectivity index (χ0n) is 13.1. The summed E-state index contributed by atoms with van der Waals surface area (Å²) in [7, 11) is 0. The first-order valence-corrected chi connectivity index (χ1v) is 9.27. The van der Waals surface area contributed by atoms with Gasteiger partial charge in [0.25, 0.3) is 0 Å². The van der Waals surface area contributed by atoms with E-state index in [1.165, 1.54) is 63.0 Å². The van der Waals surface area contributed by atoms with Crippen LogP contribution < -0.4 is 16.0 Å². The molecule has 22 heavy (non-hydrogen) atoms. The molecule has 1 aliphatic carbocycles. The molecule has 3 rings (SSSR count). The van der Waals surface area contributed by atoms with Gasteiger partial charge < -0.3 is 16.0 Å². The number of rotatable bonds is 5. The molecule has 1 amide bonds. The highest BCUT2D eigenvalue weighted by Gasteiger charge is 2.35. The Kier molecular flexibility index (Phi) is 5.44. The summed E-state index contributed by atoms with van der Waals surface area (Å²) in [5.74, 6) is 0.0492. The summed E-state index contributed by atoms with van der Waals surface area (Å²) < 4.78 is 0. The Bertz CT molecular complexity index is 461. The van der Waals surface area contributed by atoms with E-state index >= 15 is 0 Å². The van der Waals surface area contributed by atoms with E-state index in [1.54, 1.807) is 6.20 Å². The largest absolute Gasteiger partial charge is 0.317 e. The fourth-order valence-corrected chi connectivity index (χ4v) is 4.29. The molecular weight excluding hydrogens is 296 g/mol. The molecule has 1 spiro atoms. The molecule has 0 atom stereocenters. The normalized spacial score (nSPS) is 21.8. The predicted molar refractivity (Wildman–Crippen MR) is 90.2 cm³/mol. The standard InChI is InChI=1S/C16H26N4OS/c21-14(20-15-19-11-12-22-15)3-8-18-13-1-4-16(5-2-13)6-9-17-10-7-16/h11-13,17-18H,1-10H2,(H,19,20,21). The molecule has 2 heterocycles. The molecule has 0 radical (unpaired) electrons. The Morgan fingerprint density at radius 2 is 2.09 bits per heavy atom. The Labute approximate surface area is 136 Å². The molecule has 1 aromatic heterocycles. The number of carbonyl (C=O) groups excluding carboxylic acids is 1. The molecule has 5 nitrogen and oxygen atoms in total. The van der Waals surface area contributed by atoms with E-state index in [2.05, 4.69) is 20.9 Å². The summed E-state index contributed by atoms with van der Waals surface area (Å²) in [5.41, 5.74) is 0.617. The van der Waals surface area contributed by atoms with Crippen LogP contribution in [0.2, 0.25) is 0 Å². The third kappa shape index (κ3) is 4.27. The number of nitrogens with zero attached hydrogens (tertiary/aromatic N) is 1. The molecule has 3 N–H and O–H groups in total. The summed E-state index contributed by atoms with van der Waals surface area (Å²) in [6.07, 6.45) is 10.1. The monoisotopic (exact) mass is 322 g/mol. The summed E-state index contributed by atoms with van der Waals surface area (Å²) in [6, 6.07) is 0.591. The molecule has 0 aromatic carbocycles.